The first-order valence-corrected chi connectivity index (χ1v) is 10.1. The fourth-order valence-corrected chi connectivity index (χ4v) is 3.40. The first-order chi connectivity index (χ1) is 14.2. The van der Waals surface area contributed by atoms with Gasteiger partial charge in [0, 0.05) is 26.3 Å². The highest BCUT2D eigenvalue weighted by Crippen LogP contribution is 2.14. The monoisotopic (exact) mass is 403 g/mol. The molecule has 1 heterocycles. The highest BCUT2D eigenvalue weighted by atomic mass is 16.5. The van der Waals surface area contributed by atoms with Gasteiger partial charge in [0.25, 0.3) is 0 Å². The molecule has 0 amide bonds. The van der Waals surface area contributed by atoms with Crippen LogP contribution in [0.4, 0.5) is 0 Å². The van der Waals surface area contributed by atoms with E-state index in [9.17, 15) is 5.11 Å². The molecule has 0 saturated heterocycles. The second kappa shape index (κ2) is 13.2. The van der Waals surface area contributed by atoms with E-state index >= 15 is 0 Å². The summed E-state index contributed by atoms with van der Waals surface area (Å²) in [6.45, 7) is 8.32. The van der Waals surface area contributed by atoms with Gasteiger partial charge >= 0.3 is 0 Å². The minimum Gasteiger partial charge on any atom is -0.497 e. The Balaban J connectivity index is 2.01. The maximum atomic E-state index is 10.4. The Morgan fingerprint density at radius 1 is 1.24 bits per heavy atom. The molecule has 1 aromatic heterocycles. The van der Waals surface area contributed by atoms with Crippen LogP contribution in [0.25, 0.3) is 0 Å². The van der Waals surface area contributed by atoms with Crippen molar-refractivity contribution >= 4 is 0 Å². The van der Waals surface area contributed by atoms with Gasteiger partial charge in [0.05, 0.1) is 39.2 Å². The SMILES string of the molecule is C=CCOC[C@@H](O)C[NH+](CCCOC)Cc1cccn1Cc1cccc(OC)c1. The van der Waals surface area contributed by atoms with Gasteiger partial charge in [-0.1, -0.05) is 18.2 Å². The predicted molar refractivity (Wildman–Crippen MR) is 114 cm³/mol. The summed E-state index contributed by atoms with van der Waals surface area (Å²) >= 11 is 0. The van der Waals surface area contributed by atoms with Crippen LogP contribution >= 0.6 is 0 Å². The first-order valence-electron chi connectivity index (χ1n) is 10.1. The molecule has 160 valence electrons. The lowest BCUT2D eigenvalue weighted by Gasteiger charge is -2.23. The summed E-state index contributed by atoms with van der Waals surface area (Å²) in [5, 5.41) is 10.4. The van der Waals surface area contributed by atoms with Crippen molar-refractivity contribution in [3.05, 3.63) is 66.5 Å². The van der Waals surface area contributed by atoms with Crippen LogP contribution < -0.4 is 9.64 Å². The zero-order valence-electron chi connectivity index (χ0n) is 17.7. The van der Waals surface area contributed by atoms with Gasteiger partial charge in [-0.25, -0.2) is 0 Å². The van der Waals surface area contributed by atoms with Crippen molar-refractivity contribution in [3.8, 4) is 5.75 Å². The number of ether oxygens (including phenoxy) is 3. The number of methoxy groups -OCH3 is 2. The number of nitrogens with zero attached hydrogens (tertiary/aromatic N) is 1. The van der Waals surface area contributed by atoms with Gasteiger partial charge in [-0.3, -0.25) is 0 Å². The molecule has 2 N–H and O–H groups in total. The fraction of sp³-hybridized carbons (Fsp3) is 0.478. The molecule has 0 fully saturated rings. The quantitative estimate of drug-likeness (QED) is 0.350. The van der Waals surface area contributed by atoms with Crippen LogP contribution in [0.5, 0.6) is 5.75 Å². The molecule has 29 heavy (non-hydrogen) atoms. The largest absolute Gasteiger partial charge is 0.497 e. The van der Waals surface area contributed by atoms with Crippen molar-refractivity contribution in [2.75, 3.05) is 47.1 Å². The normalized spacial score (nSPS) is 13.2. The van der Waals surface area contributed by atoms with E-state index < -0.39 is 6.10 Å². The van der Waals surface area contributed by atoms with E-state index in [-0.39, 0.29) is 0 Å². The summed E-state index contributed by atoms with van der Waals surface area (Å²) in [6.07, 6.45) is 4.24. The van der Waals surface area contributed by atoms with Crippen LogP contribution in [0.3, 0.4) is 0 Å². The van der Waals surface area contributed by atoms with E-state index in [1.807, 2.05) is 12.1 Å². The average Bonchev–Trinajstić information content (AvgIpc) is 3.15. The molecule has 0 bridgehead atoms. The molecular formula is C23H35N2O4+. The zero-order valence-corrected chi connectivity index (χ0v) is 17.7. The number of hydrogen-bond donors (Lipinski definition) is 2. The maximum absolute atomic E-state index is 10.4. The Hall–Kier alpha value is -2.12. The number of rotatable bonds is 15. The minimum atomic E-state index is -0.505. The highest BCUT2D eigenvalue weighted by Gasteiger charge is 2.17. The third-order valence-electron chi connectivity index (χ3n) is 4.79. The Morgan fingerprint density at radius 2 is 2.10 bits per heavy atom. The molecule has 1 unspecified atom stereocenters. The molecular weight excluding hydrogens is 368 g/mol. The molecule has 2 atom stereocenters. The topological polar surface area (TPSA) is 57.3 Å². The summed E-state index contributed by atoms with van der Waals surface area (Å²) in [4.78, 5) is 1.31. The van der Waals surface area contributed by atoms with Gasteiger partial charge < -0.3 is 28.8 Å². The molecule has 2 rings (SSSR count). The second-order valence-corrected chi connectivity index (χ2v) is 7.19. The van der Waals surface area contributed by atoms with Crippen molar-refractivity contribution < 1.29 is 24.2 Å². The van der Waals surface area contributed by atoms with Gasteiger partial charge in [-0.05, 0) is 29.8 Å². The van der Waals surface area contributed by atoms with Gasteiger partial charge in [-0.2, -0.15) is 0 Å². The van der Waals surface area contributed by atoms with Crippen molar-refractivity contribution in [1.29, 1.82) is 0 Å². The van der Waals surface area contributed by atoms with E-state index in [0.29, 0.717) is 19.8 Å². The van der Waals surface area contributed by atoms with Gasteiger partial charge in [0.1, 0.15) is 24.9 Å². The number of nitrogens with one attached hydrogen (secondary N) is 1. The number of aliphatic hydroxyl groups excluding tert-OH is 1. The van der Waals surface area contributed by atoms with E-state index in [2.05, 4.69) is 41.6 Å². The van der Waals surface area contributed by atoms with Crippen molar-refractivity contribution in [1.82, 2.24) is 4.57 Å². The molecule has 6 nitrogen and oxygen atoms in total. The highest BCUT2D eigenvalue weighted by molar-refractivity contribution is 5.29. The van der Waals surface area contributed by atoms with Crippen molar-refractivity contribution in [2.24, 2.45) is 0 Å². The van der Waals surface area contributed by atoms with Crippen LogP contribution in [0.15, 0.2) is 55.3 Å². The van der Waals surface area contributed by atoms with Crippen LogP contribution in [0.1, 0.15) is 17.7 Å². The molecule has 0 aliphatic heterocycles. The lowest BCUT2D eigenvalue weighted by atomic mass is 10.2. The summed E-state index contributed by atoms with van der Waals surface area (Å²) in [5.74, 6) is 0.866. The lowest BCUT2D eigenvalue weighted by Crippen LogP contribution is -3.12. The molecule has 6 heteroatoms. The third-order valence-corrected chi connectivity index (χ3v) is 4.79. The van der Waals surface area contributed by atoms with Crippen LogP contribution in [-0.2, 0) is 22.6 Å². The first kappa shape index (κ1) is 23.2. The molecule has 1 aromatic carbocycles. The number of benzene rings is 1. The van der Waals surface area contributed by atoms with E-state index in [4.69, 9.17) is 14.2 Å². The molecule has 2 aromatic rings. The van der Waals surface area contributed by atoms with Crippen molar-refractivity contribution in [2.45, 2.75) is 25.6 Å². The Bertz CT molecular complexity index is 716. The van der Waals surface area contributed by atoms with Gasteiger partial charge in [0.15, 0.2) is 0 Å². The summed E-state index contributed by atoms with van der Waals surface area (Å²) in [5.41, 5.74) is 2.43. The average molecular weight is 404 g/mol. The summed E-state index contributed by atoms with van der Waals surface area (Å²) < 4.78 is 18.2. The smallest absolute Gasteiger partial charge is 0.126 e. The predicted octanol–water partition coefficient (Wildman–Crippen LogP) is 1.53. The van der Waals surface area contributed by atoms with Crippen LogP contribution in [0.2, 0.25) is 0 Å². The molecule has 0 radical (unpaired) electrons. The lowest BCUT2D eigenvalue weighted by molar-refractivity contribution is -0.917. The summed E-state index contributed by atoms with van der Waals surface area (Å²) in [6, 6.07) is 12.4. The third kappa shape index (κ3) is 8.41. The van der Waals surface area contributed by atoms with Gasteiger partial charge in [-0.15, -0.1) is 6.58 Å². The standard InChI is InChI=1S/C23H34N2O4/c1-4-13-29-19-22(26)18-24(11-7-14-27-2)17-21-9-6-12-25(21)16-20-8-5-10-23(15-20)28-3/h4-6,8-10,12,15,22,26H,1,7,11,13-14,16-19H2,2-3H3/p+1/t22-/m0/s1. The van der Waals surface area contributed by atoms with Crippen LogP contribution in [0, 0.1) is 0 Å². The molecule has 0 aliphatic rings. The van der Waals surface area contributed by atoms with E-state index in [1.54, 1.807) is 20.3 Å². The molecule has 0 spiro atoms. The Labute approximate surface area is 174 Å². The van der Waals surface area contributed by atoms with E-state index in [1.165, 1.54) is 16.2 Å². The van der Waals surface area contributed by atoms with Crippen LogP contribution in [-0.4, -0.2) is 62.9 Å². The van der Waals surface area contributed by atoms with Gasteiger partial charge in [0.2, 0.25) is 0 Å². The Morgan fingerprint density at radius 3 is 2.86 bits per heavy atom. The van der Waals surface area contributed by atoms with Crippen molar-refractivity contribution in [3.63, 3.8) is 0 Å². The molecule has 0 saturated carbocycles. The number of aliphatic hydroxyl groups is 1. The minimum absolute atomic E-state index is 0.324. The maximum Gasteiger partial charge on any atom is 0.126 e. The summed E-state index contributed by atoms with van der Waals surface area (Å²) in [7, 11) is 3.41. The number of aromatic nitrogens is 1. The molecule has 0 aliphatic carbocycles. The Kier molecular flexibility index (Phi) is 10.5. The number of hydrogen-bond acceptors (Lipinski definition) is 4. The fourth-order valence-electron chi connectivity index (χ4n) is 3.40. The van der Waals surface area contributed by atoms with E-state index in [0.717, 1.165) is 38.4 Å². The zero-order chi connectivity index (χ0) is 20.9. The second-order valence-electron chi connectivity index (χ2n) is 7.19. The number of quaternary nitrogens is 1.